The average molecular weight is 410 g/mol. The molecule has 0 atom stereocenters. The Morgan fingerprint density at radius 1 is 1.15 bits per heavy atom. The monoisotopic (exact) mass is 409 g/mol. The summed E-state index contributed by atoms with van der Waals surface area (Å²) in [6.07, 6.45) is 0. The highest BCUT2D eigenvalue weighted by atomic mass is 32.2. The van der Waals surface area contributed by atoms with Crippen LogP contribution in [0.25, 0.3) is 0 Å². The summed E-state index contributed by atoms with van der Waals surface area (Å²) in [6.45, 7) is 2.48. The zero-order valence-corrected chi connectivity index (χ0v) is 17.5. The molecule has 2 N–H and O–H groups in total. The van der Waals surface area contributed by atoms with E-state index in [9.17, 15) is 8.42 Å². The molecule has 0 saturated carbocycles. The molecule has 140 valence electrons. The number of thiocarbonyl (C=S) groups is 1. The minimum absolute atomic E-state index is 0.273. The van der Waals surface area contributed by atoms with Crippen LogP contribution in [0.2, 0.25) is 0 Å². The summed E-state index contributed by atoms with van der Waals surface area (Å²) in [5.41, 5.74) is 1.34. The first kappa shape index (κ1) is 20.7. The molecule has 5 nitrogen and oxygen atoms in total. The van der Waals surface area contributed by atoms with Gasteiger partial charge in [-0.2, -0.15) is 0 Å². The van der Waals surface area contributed by atoms with Crippen molar-refractivity contribution in [2.24, 2.45) is 0 Å². The lowest BCUT2D eigenvalue weighted by Gasteiger charge is -2.16. The van der Waals surface area contributed by atoms with E-state index in [-0.39, 0.29) is 4.90 Å². The lowest BCUT2D eigenvalue weighted by atomic mass is 10.2. The Hall–Kier alpha value is -1.61. The van der Waals surface area contributed by atoms with Gasteiger partial charge in [0.05, 0.1) is 4.90 Å². The number of aryl methyl sites for hydroxylation is 1. The molecule has 0 amide bonds. The fourth-order valence-corrected chi connectivity index (χ4v) is 4.33. The number of rotatable bonds is 7. The zero-order chi connectivity index (χ0) is 19.2. The van der Waals surface area contributed by atoms with Gasteiger partial charge in [0.2, 0.25) is 10.0 Å². The van der Waals surface area contributed by atoms with E-state index < -0.39 is 10.0 Å². The number of hydrogen-bond acceptors (Lipinski definition) is 4. The minimum Gasteiger partial charge on any atom is -0.362 e. The molecule has 0 unspecified atom stereocenters. The van der Waals surface area contributed by atoms with Crippen molar-refractivity contribution in [2.45, 2.75) is 16.7 Å². The molecule has 0 spiro atoms. The predicted octanol–water partition coefficient (Wildman–Crippen LogP) is 3.32. The van der Waals surface area contributed by atoms with E-state index in [0.29, 0.717) is 22.9 Å². The number of nitrogens with zero attached hydrogens (tertiary/aromatic N) is 1. The van der Waals surface area contributed by atoms with E-state index in [4.69, 9.17) is 12.2 Å². The second-order valence-corrected chi connectivity index (χ2v) is 9.51. The fraction of sp³-hybridized carbons (Fsp3) is 0.278. The number of thioether (sulfide) groups is 1. The van der Waals surface area contributed by atoms with Crippen LogP contribution in [0.5, 0.6) is 0 Å². The highest BCUT2D eigenvalue weighted by molar-refractivity contribution is 7.99. The van der Waals surface area contributed by atoms with Gasteiger partial charge in [0, 0.05) is 37.0 Å². The molecule has 2 aromatic carbocycles. The van der Waals surface area contributed by atoms with Gasteiger partial charge < -0.3 is 10.6 Å². The van der Waals surface area contributed by atoms with Gasteiger partial charge in [-0.05, 0) is 49.0 Å². The summed E-state index contributed by atoms with van der Waals surface area (Å²) in [4.78, 5) is 1.49. The molecule has 8 heteroatoms. The molecule has 0 radical (unpaired) electrons. The highest BCUT2D eigenvalue weighted by Crippen LogP contribution is 2.22. The van der Waals surface area contributed by atoms with Gasteiger partial charge in [-0.1, -0.05) is 24.3 Å². The SMILES string of the molecule is Cc1ccc(NC(=S)NCCSc2ccccc2)cc1S(=O)(=O)N(C)C. The van der Waals surface area contributed by atoms with Gasteiger partial charge in [0.15, 0.2) is 5.11 Å². The van der Waals surface area contributed by atoms with Crippen molar-refractivity contribution in [3.05, 3.63) is 54.1 Å². The molecule has 0 bridgehead atoms. The lowest BCUT2D eigenvalue weighted by Crippen LogP contribution is -2.30. The number of anilines is 1. The Kier molecular flexibility index (Phi) is 7.45. The molecule has 0 fully saturated rings. The first-order valence-corrected chi connectivity index (χ1v) is 10.9. The molecule has 0 aromatic heterocycles. The molecule has 0 aliphatic rings. The number of benzene rings is 2. The van der Waals surface area contributed by atoms with Crippen molar-refractivity contribution in [2.75, 3.05) is 31.7 Å². The predicted molar refractivity (Wildman–Crippen MR) is 113 cm³/mol. The first-order chi connectivity index (χ1) is 12.3. The largest absolute Gasteiger partial charge is 0.362 e. The minimum atomic E-state index is -3.49. The third-order valence-electron chi connectivity index (χ3n) is 3.60. The molecule has 2 rings (SSSR count). The summed E-state index contributed by atoms with van der Waals surface area (Å²) in [5, 5.41) is 6.65. The van der Waals surface area contributed by atoms with Gasteiger partial charge in [0.25, 0.3) is 0 Å². The maximum Gasteiger partial charge on any atom is 0.242 e. The molecule has 26 heavy (non-hydrogen) atoms. The fourth-order valence-electron chi connectivity index (χ4n) is 2.18. The van der Waals surface area contributed by atoms with Crippen molar-refractivity contribution in [3.63, 3.8) is 0 Å². The highest BCUT2D eigenvalue weighted by Gasteiger charge is 2.20. The Balaban J connectivity index is 1.91. The first-order valence-electron chi connectivity index (χ1n) is 8.06. The number of nitrogens with one attached hydrogen (secondary N) is 2. The van der Waals surface area contributed by atoms with Crippen molar-refractivity contribution in [1.82, 2.24) is 9.62 Å². The van der Waals surface area contributed by atoms with Crippen LogP contribution in [0.3, 0.4) is 0 Å². The van der Waals surface area contributed by atoms with Gasteiger partial charge in [-0.25, -0.2) is 12.7 Å². The van der Waals surface area contributed by atoms with Crippen LogP contribution < -0.4 is 10.6 Å². The molecule has 0 saturated heterocycles. The van der Waals surface area contributed by atoms with Crippen LogP contribution in [0.15, 0.2) is 58.3 Å². The van der Waals surface area contributed by atoms with E-state index in [1.165, 1.54) is 23.3 Å². The Morgan fingerprint density at radius 3 is 2.50 bits per heavy atom. The van der Waals surface area contributed by atoms with Gasteiger partial charge in [-0.15, -0.1) is 11.8 Å². The van der Waals surface area contributed by atoms with E-state index in [1.807, 2.05) is 24.3 Å². The summed E-state index contributed by atoms with van der Waals surface area (Å²) >= 11 is 7.04. The van der Waals surface area contributed by atoms with E-state index >= 15 is 0 Å². The normalized spacial score (nSPS) is 11.4. The smallest absolute Gasteiger partial charge is 0.242 e. The summed E-state index contributed by atoms with van der Waals surface area (Å²) in [5.74, 6) is 0.875. The lowest BCUT2D eigenvalue weighted by molar-refractivity contribution is 0.520. The van der Waals surface area contributed by atoms with Crippen LogP contribution in [0.4, 0.5) is 5.69 Å². The third-order valence-corrected chi connectivity index (χ3v) is 6.82. The maximum absolute atomic E-state index is 12.4. The van der Waals surface area contributed by atoms with Crippen LogP contribution >= 0.6 is 24.0 Å². The standard InChI is InChI=1S/C18H23N3O2S3/c1-14-9-10-15(13-17(14)26(22,23)21(2)3)20-18(24)19-11-12-25-16-7-5-4-6-8-16/h4-10,13H,11-12H2,1-3H3,(H2,19,20,24). The van der Waals surface area contributed by atoms with Crippen molar-refractivity contribution >= 4 is 44.8 Å². The Morgan fingerprint density at radius 2 is 1.85 bits per heavy atom. The van der Waals surface area contributed by atoms with Crippen LogP contribution in [-0.4, -0.2) is 44.2 Å². The van der Waals surface area contributed by atoms with Gasteiger partial charge >= 0.3 is 0 Å². The average Bonchev–Trinajstić information content (AvgIpc) is 2.61. The number of hydrogen-bond donors (Lipinski definition) is 2. The van der Waals surface area contributed by atoms with E-state index in [1.54, 1.807) is 30.8 Å². The summed E-state index contributed by atoms with van der Waals surface area (Å²) < 4.78 is 26.0. The summed E-state index contributed by atoms with van der Waals surface area (Å²) in [6, 6.07) is 15.4. The second-order valence-electron chi connectivity index (χ2n) is 5.81. The van der Waals surface area contributed by atoms with Gasteiger partial charge in [0.1, 0.15) is 0 Å². The second kappa shape index (κ2) is 9.36. The van der Waals surface area contributed by atoms with E-state index in [2.05, 4.69) is 22.8 Å². The topological polar surface area (TPSA) is 61.4 Å². The van der Waals surface area contributed by atoms with Crippen LogP contribution in [0, 0.1) is 6.92 Å². The molecule has 2 aromatic rings. The van der Waals surface area contributed by atoms with Crippen LogP contribution in [-0.2, 0) is 10.0 Å². The number of sulfonamides is 1. The Labute approximate surface area is 165 Å². The quantitative estimate of drug-likeness (QED) is 0.416. The molecular formula is C18H23N3O2S3. The molecule has 0 aliphatic heterocycles. The van der Waals surface area contributed by atoms with Crippen molar-refractivity contribution < 1.29 is 8.42 Å². The Bertz CT molecular complexity index is 853. The van der Waals surface area contributed by atoms with Crippen molar-refractivity contribution in [1.29, 1.82) is 0 Å². The molecular weight excluding hydrogens is 386 g/mol. The van der Waals surface area contributed by atoms with Crippen molar-refractivity contribution in [3.8, 4) is 0 Å². The van der Waals surface area contributed by atoms with Gasteiger partial charge in [-0.3, -0.25) is 0 Å². The van der Waals surface area contributed by atoms with Crippen LogP contribution in [0.1, 0.15) is 5.56 Å². The summed E-state index contributed by atoms with van der Waals surface area (Å²) in [7, 11) is -0.452. The maximum atomic E-state index is 12.4. The molecule has 0 aliphatic carbocycles. The third kappa shape index (κ3) is 5.70. The van der Waals surface area contributed by atoms with E-state index in [0.717, 1.165) is 5.75 Å². The zero-order valence-electron chi connectivity index (χ0n) is 15.0. The molecule has 0 heterocycles.